The van der Waals surface area contributed by atoms with Crippen LogP contribution in [0, 0.1) is 4.71 Å². The first kappa shape index (κ1) is 13.6. The van der Waals surface area contributed by atoms with Gasteiger partial charge >= 0.3 is 0 Å². The molecule has 2 aromatic carbocycles. The smallest absolute Gasteiger partial charge is 0.194 e. The third kappa shape index (κ3) is 2.47. The van der Waals surface area contributed by atoms with Gasteiger partial charge in [0.2, 0.25) is 0 Å². The highest BCUT2D eigenvalue weighted by Crippen LogP contribution is 2.31. The lowest BCUT2D eigenvalue weighted by Crippen LogP contribution is -1.86. The fraction of sp³-hybridized carbons (Fsp3) is 0.188. The molecule has 3 aromatic rings. The molecule has 0 bridgehead atoms. The third-order valence-electron chi connectivity index (χ3n) is 2.82. The predicted octanol–water partition coefficient (Wildman–Crippen LogP) is 5.35. The van der Waals surface area contributed by atoms with E-state index < -0.39 is 0 Å². The lowest BCUT2D eigenvalue weighted by Gasteiger charge is -2.06. The van der Waals surface area contributed by atoms with E-state index in [1.165, 1.54) is 0 Å². The summed E-state index contributed by atoms with van der Waals surface area (Å²) in [6.45, 7) is 4.00. The number of fused-ring (bicyclic) bond motifs is 3. The normalized spacial score (nSPS) is 10.1. The number of ether oxygens (including phenoxy) is 1. The summed E-state index contributed by atoms with van der Waals surface area (Å²) in [5.41, 5.74) is 0.785. The zero-order valence-electron chi connectivity index (χ0n) is 11.3. The molecule has 0 fully saturated rings. The highest BCUT2D eigenvalue weighted by molar-refractivity contribution is 7.71. The van der Waals surface area contributed by atoms with Crippen LogP contribution >= 0.6 is 12.2 Å². The van der Waals surface area contributed by atoms with Gasteiger partial charge < -0.3 is 9.15 Å². The quantitative estimate of drug-likeness (QED) is 0.440. The standard InChI is InChI=1S/C14H10O2S.C2H6/c1-15-12-8-13(17)16-14-10-5-3-2-4-9(10)6-7-11(12)14;1-2/h2-8H,1H3;1-2H3. The molecular formula is C16H16O2S. The number of benzene rings is 2. The molecule has 0 amide bonds. The Kier molecular flexibility index (Phi) is 4.17. The predicted molar refractivity (Wildman–Crippen MR) is 82.5 cm³/mol. The van der Waals surface area contributed by atoms with Crippen LogP contribution in [0.2, 0.25) is 0 Å². The average Bonchev–Trinajstić information content (AvgIpc) is 2.48. The zero-order valence-corrected chi connectivity index (χ0v) is 12.1. The van der Waals surface area contributed by atoms with Gasteiger partial charge in [-0.1, -0.05) is 44.2 Å². The van der Waals surface area contributed by atoms with Crippen molar-refractivity contribution in [3.05, 3.63) is 47.2 Å². The number of hydrogen-bond acceptors (Lipinski definition) is 3. The number of methoxy groups -OCH3 is 1. The number of rotatable bonds is 1. The zero-order chi connectivity index (χ0) is 13.8. The van der Waals surface area contributed by atoms with Crippen LogP contribution in [0.3, 0.4) is 0 Å². The molecule has 0 unspecified atom stereocenters. The molecule has 1 heterocycles. The van der Waals surface area contributed by atoms with E-state index in [2.05, 4.69) is 6.07 Å². The first-order valence-electron chi connectivity index (χ1n) is 6.29. The molecular weight excluding hydrogens is 256 g/mol. The van der Waals surface area contributed by atoms with Gasteiger partial charge in [-0.2, -0.15) is 0 Å². The lowest BCUT2D eigenvalue weighted by atomic mass is 10.1. The van der Waals surface area contributed by atoms with Gasteiger partial charge in [-0.3, -0.25) is 0 Å². The monoisotopic (exact) mass is 272 g/mol. The van der Waals surface area contributed by atoms with Gasteiger partial charge in [0.25, 0.3) is 0 Å². The van der Waals surface area contributed by atoms with Crippen molar-refractivity contribution >= 4 is 34.0 Å². The Morgan fingerprint density at radius 2 is 1.74 bits per heavy atom. The summed E-state index contributed by atoms with van der Waals surface area (Å²) >= 11 is 5.11. The summed E-state index contributed by atoms with van der Waals surface area (Å²) in [5, 5.41) is 3.13. The van der Waals surface area contributed by atoms with Gasteiger partial charge in [0.05, 0.1) is 12.5 Å². The van der Waals surface area contributed by atoms with Crippen molar-refractivity contribution in [3.8, 4) is 5.75 Å². The molecule has 0 aliphatic heterocycles. The van der Waals surface area contributed by atoms with Gasteiger partial charge in [0, 0.05) is 11.5 Å². The van der Waals surface area contributed by atoms with Gasteiger partial charge in [0.15, 0.2) is 4.71 Å². The molecule has 0 N–H and O–H groups in total. The van der Waals surface area contributed by atoms with Gasteiger partial charge in [-0.05, 0) is 23.7 Å². The molecule has 1 aromatic heterocycles. The summed E-state index contributed by atoms with van der Waals surface area (Å²) in [4.78, 5) is 0. The Morgan fingerprint density at radius 1 is 1.00 bits per heavy atom. The first-order valence-corrected chi connectivity index (χ1v) is 6.70. The maximum absolute atomic E-state index is 5.65. The van der Waals surface area contributed by atoms with Crippen molar-refractivity contribution in [1.29, 1.82) is 0 Å². The molecule has 0 atom stereocenters. The van der Waals surface area contributed by atoms with Crippen molar-refractivity contribution in [2.75, 3.05) is 7.11 Å². The van der Waals surface area contributed by atoms with E-state index in [9.17, 15) is 0 Å². The third-order valence-corrected chi connectivity index (χ3v) is 3.02. The van der Waals surface area contributed by atoms with Gasteiger partial charge in [0.1, 0.15) is 11.3 Å². The van der Waals surface area contributed by atoms with Crippen molar-refractivity contribution in [2.45, 2.75) is 13.8 Å². The molecule has 2 nitrogen and oxygen atoms in total. The molecule has 0 aliphatic carbocycles. The van der Waals surface area contributed by atoms with Crippen LogP contribution in [0.25, 0.3) is 21.7 Å². The van der Waals surface area contributed by atoms with Crippen molar-refractivity contribution in [2.24, 2.45) is 0 Å². The van der Waals surface area contributed by atoms with Crippen LogP contribution in [0.1, 0.15) is 13.8 Å². The van der Waals surface area contributed by atoms with Crippen molar-refractivity contribution in [3.63, 3.8) is 0 Å². The van der Waals surface area contributed by atoms with Crippen molar-refractivity contribution < 1.29 is 9.15 Å². The topological polar surface area (TPSA) is 22.4 Å². The Balaban J connectivity index is 0.000000637. The second-order valence-electron chi connectivity index (χ2n) is 3.80. The molecule has 3 rings (SSSR count). The van der Waals surface area contributed by atoms with Gasteiger partial charge in [-0.15, -0.1) is 0 Å². The van der Waals surface area contributed by atoms with Crippen LogP contribution in [0.5, 0.6) is 5.75 Å². The van der Waals surface area contributed by atoms with Crippen LogP contribution in [-0.2, 0) is 0 Å². The minimum atomic E-state index is 0.436. The maximum Gasteiger partial charge on any atom is 0.194 e. The Labute approximate surface area is 117 Å². The second-order valence-corrected chi connectivity index (χ2v) is 4.20. The maximum atomic E-state index is 5.65. The summed E-state index contributed by atoms with van der Waals surface area (Å²) in [6, 6.07) is 13.8. The van der Waals surface area contributed by atoms with E-state index in [-0.39, 0.29) is 0 Å². The molecule has 19 heavy (non-hydrogen) atoms. The molecule has 3 heteroatoms. The minimum Gasteiger partial charge on any atom is -0.496 e. The molecule has 0 radical (unpaired) electrons. The largest absolute Gasteiger partial charge is 0.496 e. The first-order chi connectivity index (χ1) is 9.29. The van der Waals surface area contributed by atoms with E-state index in [1.54, 1.807) is 13.2 Å². The van der Waals surface area contributed by atoms with E-state index in [0.717, 1.165) is 27.5 Å². The Hall–Kier alpha value is -1.87. The van der Waals surface area contributed by atoms with Crippen LogP contribution in [-0.4, -0.2) is 7.11 Å². The van der Waals surface area contributed by atoms with E-state index in [0.29, 0.717) is 4.71 Å². The van der Waals surface area contributed by atoms with Crippen LogP contribution < -0.4 is 4.74 Å². The summed E-state index contributed by atoms with van der Waals surface area (Å²) in [7, 11) is 1.64. The minimum absolute atomic E-state index is 0.436. The fourth-order valence-corrected chi connectivity index (χ4v) is 2.22. The number of hydrogen-bond donors (Lipinski definition) is 0. The Bertz CT molecular complexity index is 759. The summed E-state index contributed by atoms with van der Waals surface area (Å²) in [5.74, 6) is 0.752. The fourth-order valence-electron chi connectivity index (χ4n) is 2.03. The molecule has 0 saturated carbocycles. The van der Waals surface area contributed by atoms with E-state index in [4.69, 9.17) is 21.4 Å². The highest BCUT2D eigenvalue weighted by Gasteiger charge is 2.07. The molecule has 0 spiro atoms. The van der Waals surface area contributed by atoms with Crippen molar-refractivity contribution in [1.82, 2.24) is 0 Å². The summed E-state index contributed by atoms with van der Waals surface area (Å²) in [6.07, 6.45) is 0. The SMILES string of the molecule is CC.COc1cc(=S)oc2c1ccc1ccccc12. The molecule has 98 valence electrons. The van der Waals surface area contributed by atoms with E-state index in [1.807, 2.05) is 44.2 Å². The molecule has 0 saturated heterocycles. The van der Waals surface area contributed by atoms with Crippen LogP contribution in [0.4, 0.5) is 0 Å². The second kappa shape index (κ2) is 5.85. The lowest BCUT2D eigenvalue weighted by molar-refractivity contribution is 0.415. The van der Waals surface area contributed by atoms with E-state index >= 15 is 0 Å². The molecule has 0 aliphatic rings. The summed E-state index contributed by atoms with van der Waals surface area (Å²) < 4.78 is 11.4. The average molecular weight is 272 g/mol. The van der Waals surface area contributed by atoms with Gasteiger partial charge in [-0.25, -0.2) is 0 Å². The highest BCUT2D eigenvalue weighted by atomic mass is 32.1. The van der Waals surface area contributed by atoms with Crippen LogP contribution in [0.15, 0.2) is 46.9 Å². The Morgan fingerprint density at radius 3 is 2.47 bits per heavy atom.